The molecule has 0 aliphatic rings. The quantitative estimate of drug-likeness (QED) is 0.525. The Labute approximate surface area is 114 Å². The Hall–Kier alpha value is -2.40. The highest BCUT2D eigenvalue weighted by molar-refractivity contribution is 6.33. The van der Waals surface area contributed by atoms with Gasteiger partial charge in [0.25, 0.3) is 5.69 Å². The molecule has 0 atom stereocenters. The van der Waals surface area contributed by atoms with Crippen LogP contribution in [-0.2, 0) is 0 Å². The minimum Gasteiger partial charge on any atom is -0.277 e. The number of nitrogens with one attached hydrogen (secondary N) is 1. The summed E-state index contributed by atoms with van der Waals surface area (Å²) in [4.78, 5) is 10.4. The Bertz CT molecular complexity index is 629. The maximum absolute atomic E-state index is 10.8. The highest BCUT2D eigenvalue weighted by Gasteiger charge is 2.09. The standard InChI is InChI=1S/C13H10ClN3O2/c14-11-6-2-3-7-12(11)16-15-9-10-5-1-4-8-13(10)17(18)19/h1-9,16H/b15-9+. The largest absolute Gasteiger partial charge is 0.278 e. The monoisotopic (exact) mass is 275 g/mol. The van der Waals surface area contributed by atoms with E-state index in [9.17, 15) is 10.1 Å². The average molecular weight is 276 g/mol. The molecule has 0 radical (unpaired) electrons. The first-order valence-corrected chi connectivity index (χ1v) is 5.83. The lowest BCUT2D eigenvalue weighted by Gasteiger charge is -2.02. The maximum atomic E-state index is 10.8. The van der Waals surface area contributed by atoms with Gasteiger partial charge >= 0.3 is 0 Å². The zero-order valence-electron chi connectivity index (χ0n) is 9.79. The van der Waals surface area contributed by atoms with Crippen molar-refractivity contribution in [3.05, 3.63) is 69.2 Å². The van der Waals surface area contributed by atoms with Crippen molar-refractivity contribution in [2.24, 2.45) is 5.10 Å². The van der Waals surface area contributed by atoms with E-state index in [1.807, 2.05) is 6.07 Å². The molecule has 1 N–H and O–H groups in total. The normalized spacial score (nSPS) is 10.6. The number of nitro benzene ring substituents is 1. The summed E-state index contributed by atoms with van der Waals surface area (Å²) >= 11 is 5.94. The van der Waals surface area contributed by atoms with Gasteiger partial charge in [0.15, 0.2) is 0 Å². The third kappa shape index (κ3) is 3.29. The minimum absolute atomic E-state index is 0.00667. The van der Waals surface area contributed by atoms with E-state index in [1.54, 1.807) is 36.4 Å². The number of para-hydroxylation sites is 2. The van der Waals surface area contributed by atoms with Gasteiger partial charge in [-0.25, -0.2) is 0 Å². The number of hydrogen-bond acceptors (Lipinski definition) is 4. The smallest absolute Gasteiger partial charge is 0.277 e. The molecular formula is C13H10ClN3O2. The van der Waals surface area contributed by atoms with Gasteiger partial charge in [0, 0.05) is 6.07 Å². The van der Waals surface area contributed by atoms with Crippen molar-refractivity contribution in [1.29, 1.82) is 0 Å². The first kappa shape index (κ1) is 13.0. The predicted octanol–water partition coefficient (Wildman–Crippen LogP) is 3.69. The van der Waals surface area contributed by atoms with E-state index in [0.29, 0.717) is 16.3 Å². The molecule has 6 heteroatoms. The third-order valence-corrected chi connectivity index (χ3v) is 2.73. The molecule has 0 saturated carbocycles. The van der Waals surface area contributed by atoms with Gasteiger partial charge in [0.05, 0.1) is 27.4 Å². The number of benzene rings is 2. The van der Waals surface area contributed by atoms with Crippen LogP contribution < -0.4 is 5.43 Å². The number of hydrogen-bond donors (Lipinski definition) is 1. The van der Waals surface area contributed by atoms with Crippen molar-refractivity contribution in [3.8, 4) is 0 Å². The van der Waals surface area contributed by atoms with E-state index in [-0.39, 0.29) is 5.69 Å². The average Bonchev–Trinajstić information content (AvgIpc) is 2.41. The van der Waals surface area contributed by atoms with Gasteiger partial charge in [-0.2, -0.15) is 5.10 Å². The molecule has 0 heterocycles. The topological polar surface area (TPSA) is 67.5 Å². The Morgan fingerprint density at radius 1 is 1.16 bits per heavy atom. The molecule has 0 aliphatic heterocycles. The highest BCUT2D eigenvalue weighted by Crippen LogP contribution is 2.20. The molecule has 5 nitrogen and oxygen atoms in total. The fraction of sp³-hybridized carbons (Fsp3) is 0. The summed E-state index contributed by atoms with van der Waals surface area (Å²) in [6, 6.07) is 13.5. The number of halogens is 1. The molecule has 0 bridgehead atoms. The summed E-state index contributed by atoms with van der Waals surface area (Å²) in [6.45, 7) is 0. The summed E-state index contributed by atoms with van der Waals surface area (Å²) in [5, 5.41) is 15.3. The number of hydrazone groups is 1. The molecule has 0 amide bonds. The van der Waals surface area contributed by atoms with Crippen LogP contribution in [0.4, 0.5) is 11.4 Å². The lowest BCUT2D eigenvalue weighted by atomic mass is 10.2. The van der Waals surface area contributed by atoms with E-state index >= 15 is 0 Å². The Morgan fingerprint density at radius 3 is 2.58 bits per heavy atom. The third-order valence-electron chi connectivity index (χ3n) is 2.40. The Morgan fingerprint density at radius 2 is 1.84 bits per heavy atom. The van der Waals surface area contributed by atoms with E-state index in [4.69, 9.17) is 11.6 Å². The van der Waals surface area contributed by atoms with Crippen molar-refractivity contribution < 1.29 is 4.92 Å². The summed E-state index contributed by atoms with van der Waals surface area (Å²) in [5.41, 5.74) is 3.81. The molecule has 96 valence electrons. The molecule has 2 rings (SSSR count). The zero-order valence-corrected chi connectivity index (χ0v) is 10.5. The van der Waals surface area contributed by atoms with Crippen LogP contribution in [0.15, 0.2) is 53.6 Å². The van der Waals surface area contributed by atoms with E-state index in [2.05, 4.69) is 10.5 Å². The van der Waals surface area contributed by atoms with Crippen LogP contribution in [0.5, 0.6) is 0 Å². The molecule has 0 saturated heterocycles. The second kappa shape index (κ2) is 5.97. The first-order chi connectivity index (χ1) is 9.18. The van der Waals surface area contributed by atoms with E-state index < -0.39 is 4.92 Å². The van der Waals surface area contributed by atoms with Crippen LogP contribution in [0.1, 0.15) is 5.56 Å². The Kier molecular flexibility index (Phi) is 4.10. The molecule has 0 unspecified atom stereocenters. The Balaban J connectivity index is 2.16. The van der Waals surface area contributed by atoms with Crippen LogP contribution in [0.3, 0.4) is 0 Å². The number of nitrogens with zero attached hydrogens (tertiary/aromatic N) is 2. The fourth-order valence-electron chi connectivity index (χ4n) is 1.49. The maximum Gasteiger partial charge on any atom is 0.278 e. The molecule has 0 spiro atoms. The molecule has 2 aromatic carbocycles. The highest BCUT2D eigenvalue weighted by atomic mass is 35.5. The van der Waals surface area contributed by atoms with Crippen molar-refractivity contribution in [1.82, 2.24) is 0 Å². The SMILES string of the molecule is O=[N+]([O-])c1ccccc1/C=N/Nc1ccccc1Cl. The van der Waals surface area contributed by atoms with Gasteiger partial charge in [0.1, 0.15) is 0 Å². The van der Waals surface area contributed by atoms with Crippen LogP contribution in [0, 0.1) is 10.1 Å². The van der Waals surface area contributed by atoms with Crippen molar-refractivity contribution >= 4 is 29.2 Å². The molecule has 2 aromatic rings. The first-order valence-electron chi connectivity index (χ1n) is 5.45. The van der Waals surface area contributed by atoms with Crippen LogP contribution in [0.25, 0.3) is 0 Å². The molecule has 0 aliphatic carbocycles. The summed E-state index contributed by atoms with van der Waals surface area (Å²) in [5.74, 6) is 0. The molecule has 0 fully saturated rings. The fourth-order valence-corrected chi connectivity index (χ4v) is 1.66. The van der Waals surface area contributed by atoms with Crippen molar-refractivity contribution in [2.45, 2.75) is 0 Å². The lowest BCUT2D eigenvalue weighted by Crippen LogP contribution is -1.96. The van der Waals surface area contributed by atoms with Crippen LogP contribution in [-0.4, -0.2) is 11.1 Å². The minimum atomic E-state index is -0.448. The van der Waals surface area contributed by atoms with Gasteiger partial charge in [-0.1, -0.05) is 35.9 Å². The van der Waals surface area contributed by atoms with E-state index in [1.165, 1.54) is 12.3 Å². The van der Waals surface area contributed by atoms with Crippen molar-refractivity contribution in [3.63, 3.8) is 0 Å². The number of nitro groups is 1. The summed E-state index contributed by atoms with van der Waals surface area (Å²) < 4.78 is 0. The molecular weight excluding hydrogens is 266 g/mol. The number of anilines is 1. The van der Waals surface area contributed by atoms with Gasteiger partial charge < -0.3 is 0 Å². The van der Waals surface area contributed by atoms with Gasteiger partial charge in [-0.15, -0.1) is 0 Å². The number of rotatable bonds is 4. The molecule has 19 heavy (non-hydrogen) atoms. The second-order valence-corrected chi connectivity index (χ2v) is 4.07. The van der Waals surface area contributed by atoms with Crippen LogP contribution in [0.2, 0.25) is 5.02 Å². The zero-order chi connectivity index (χ0) is 13.7. The van der Waals surface area contributed by atoms with Crippen molar-refractivity contribution in [2.75, 3.05) is 5.43 Å². The van der Waals surface area contributed by atoms with Gasteiger partial charge in [0.2, 0.25) is 0 Å². The summed E-state index contributed by atoms with van der Waals surface area (Å²) in [7, 11) is 0. The van der Waals surface area contributed by atoms with E-state index in [0.717, 1.165) is 0 Å². The molecule has 0 aromatic heterocycles. The van der Waals surface area contributed by atoms with Gasteiger partial charge in [-0.3, -0.25) is 15.5 Å². The summed E-state index contributed by atoms with van der Waals surface area (Å²) in [6.07, 6.45) is 1.39. The second-order valence-electron chi connectivity index (χ2n) is 3.67. The predicted molar refractivity (Wildman–Crippen MR) is 75.8 cm³/mol. The van der Waals surface area contributed by atoms with Gasteiger partial charge in [-0.05, 0) is 18.2 Å². The lowest BCUT2D eigenvalue weighted by molar-refractivity contribution is -0.385. The van der Waals surface area contributed by atoms with Crippen LogP contribution >= 0.6 is 11.6 Å².